The molecule has 0 N–H and O–H groups in total. The van der Waals surface area contributed by atoms with Gasteiger partial charge in [0, 0.05) is 32.2 Å². The van der Waals surface area contributed by atoms with Crippen molar-refractivity contribution < 1.29 is 4.74 Å². The van der Waals surface area contributed by atoms with Gasteiger partial charge in [0.25, 0.3) is 0 Å². The summed E-state index contributed by atoms with van der Waals surface area (Å²) in [5, 5.41) is 0. The van der Waals surface area contributed by atoms with Gasteiger partial charge in [0.2, 0.25) is 0 Å². The van der Waals surface area contributed by atoms with Gasteiger partial charge in [0.15, 0.2) is 0 Å². The van der Waals surface area contributed by atoms with Crippen LogP contribution in [0.4, 0.5) is 0 Å². The van der Waals surface area contributed by atoms with Crippen molar-refractivity contribution in [3.8, 4) is 0 Å². The summed E-state index contributed by atoms with van der Waals surface area (Å²) in [6.07, 6.45) is 1.29. The van der Waals surface area contributed by atoms with E-state index in [1.165, 1.54) is 26.1 Å². The predicted molar refractivity (Wildman–Crippen MR) is 52.9 cm³/mol. The molecule has 0 aromatic carbocycles. The van der Waals surface area contributed by atoms with Crippen LogP contribution in [0.5, 0.6) is 0 Å². The molecule has 0 bridgehead atoms. The first-order valence-corrected chi connectivity index (χ1v) is 5.44. The van der Waals surface area contributed by atoms with Gasteiger partial charge in [-0.3, -0.25) is 4.90 Å². The minimum Gasteiger partial charge on any atom is -0.379 e. The topological polar surface area (TPSA) is 15.7 Å². The van der Waals surface area contributed by atoms with Gasteiger partial charge < -0.3 is 9.64 Å². The summed E-state index contributed by atoms with van der Waals surface area (Å²) in [5.74, 6) is 0. The first-order valence-electron chi connectivity index (χ1n) is 5.44. The molecule has 0 aliphatic carbocycles. The number of rotatable bonds is 3. The van der Waals surface area contributed by atoms with E-state index in [9.17, 15) is 0 Å². The molecule has 0 radical (unpaired) electrons. The van der Waals surface area contributed by atoms with E-state index >= 15 is 0 Å². The fourth-order valence-corrected chi connectivity index (χ4v) is 2.21. The molecule has 2 heterocycles. The van der Waals surface area contributed by atoms with Crippen molar-refractivity contribution in [2.45, 2.75) is 19.4 Å². The Morgan fingerprint density at radius 2 is 1.92 bits per heavy atom. The van der Waals surface area contributed by atoms with Crippen LogP contribution in [0.3, 0.4) is 0 Å². The Bertz CT molecular complexity index is 151. The second-order valence-corrected chi connectivity index (χ2v) is 4.06. The van der Waals surface area contributed by atoms with E-state index in [-0.39, 0.29) is 0 Å². The van der Waals surface area contributed by atoms with Gasteiger partial charge in [-0.25, -0.2) is 0 Å². The monoisotopic (exact) mass is 184 g/mol. The van der Waals surface area contributed by atoms with Crippen molar-refractivity contribution in [1.29, 1.82) is 0 Å². The number of ether oxygens (including phenoxy) is 1. The van der Waals surface area contributed by atoms with Crippen LogP contribution in [-0.2, 0) is 4.74 Å². The quantitative estimate of drug-likeness (QED) is 0.632. The predicted octanol–water partition coefficient (Wildman–Crippen LogP) is 0.413. The van der Waals surface area contributed by atoms with Crippen LogP contribution in [-0.4, -0.2) is 61.8 Å². The molecule has 0 saturated carbocycles. The van der Waals surface area contributed by atoms with E-state index in [0.29, 0.717) is 0 Å². The molecule has 0 spiro atoms. The van der Waals surface area contributed by atoms with Crippen molar-refractivity contribution in [2.24, 2.45) is 0 Å². The van der Waals surface area contributed by atoms with Crippen molar-refractivity contribution >= 4 is 0 Å². The Balaban J connectivity index is 1.66. The summed E-state index contributed by atoms with van der Waals surface area (Å²) < 4.78 is 5.34. The molecule has 76 valence electrons. The maximum absolute atomic E-state index is 5.34. The number of likely N-dealkylation sites (tertiary alicyclic amines) is 1. The summed E-state index contributed by atoms with van der Waals surface area (Å²) in [5.41, 5.74) is 0. The molecule has 13 heavy (non-hydrogen) atoms. The average Bonchev–Trinajstić information content (AvgIpc) is 2.12. The van der Waals surface area contributed by atoms with E-state index in [1.807, 2.05) is 0 Å². The molecule has 2 rings (SSSR count). The maximum atomic E-state index is 5.34. The standard InChI is InChI=1S/C10H20N2O/c1-2-3-11-8-10(9-11)12-4-6-13-7-5-12/h10H,2-9H2,1H3. The highest BCUT2D eigenvalue weighted by molar-refractivity contribution is 4.88. The van der Waals surface area contributed by atoms with E-state index < -0.39 is 0 Å². The lowest BCUT2D eigenvalue weighted by Gasteiger charge is -2.46. The van der Waals surface area contributed by atoms with Crippen molar-refractivity contribution in [2.75, 3.05) is 45.9 Å². The molecule has 0 atom stereocenters. The number of hydrogen-bond acceptors (Lipinski definition) is 3. The Morgan fingerprint density at radius 1 is 1.23 bits per heavy atom. The molecule has 3 heteroatoms. The van der Waals surface area contributed by atoms with Gasteiger partial charge in [0.05, 0.1) is 13.2 Å². The third-order valence-corrected chi connectivity index (χ3v) is 3.04. The van der Waals surface area contributed by atoms with Crippen LogP contribution in [0.1, 0.15) is 13.3 Å². The fraction of sp³-hybridized carbons (Fsp3) is 1.00. The van der Waals surface area contributed by atoms with Gasteiger partial charge >= 0.3 is 0 Å². The summed E-state index contributed by atoms with van der Waals surface area (Å²) in [4.78, 5) is 5.12. The number of nitrogens with zero attached hydrogens (tertiary/aromatic N) is 2. The van der Waals surface area contributed by atoms with Crippen LogP contribution in [0.15, 0.2) is 0 Å². The summed E-state index contributed by atoms with van der Waals surface area (Å²) >= 11 is 0. The first kappa shape index (κ1) is 9.44. The highest BCUT2D eigenvalue weighted by Gasteiger charge is 2.31. The lowest BCUT2D eigenvalue weighted by atomic mass is 10.1. The van der Waals surface area contributed by atoms with Crippen LogP contribution in [0, 0.1) is 0 Å². The highest BCUT2D eigenvalue weighted by Crippen LogP contribution is 2.15. The molecule has 2 saturated heterocycles. The number of hydrogen-bond donors (Lipinski definition) is 0. The van der Waals surface area contributed by atoms with Crippen molar-refractivity contribution in [3.63, 3.8) is 0 Å². The largest absolute Gasteiger partial charge is 0.379 e. The lowest BCUT2D eigenvalue weighted by molar-refractivity contribution is -0.0318. The van der Waals surface area contributed by atoms with E-state index in [2.05, 4.69) is 16.7 Å². The molecule has 3 nitrogen and oxygen atoms in total. The second-order valence-electron chi connectivity index (χ2n) is 4.06. The Morgan fingerprint density at radius 3 is 2.54 bits per heavy atom. The third-order valence-electron chi connectivity index (χ3n) is 3.04. The van der Waals surface area contributed by atoms with Gasteiger partial charge in [0.1, 0.15) is 0 Å². The zero-order valence-electron chi connectivity index (χ0n) is 8.54. The van der Waals surface area contributed by atoms with Crippen LogP contribution in [0.2, 0.25) is 0 Å². The van der Waals surface area contributed by atoms with Crippen molar-refractivity contribution in [1.82, 2.24) is 9.80 Å². The lowest BCUT2D eigenvalue weighted by Crippen LogP contribution is -2.61. The van der Waals surface area contributed by atoms with Crippen LogP contribution in [0.25, 0.3) is 0 Å². The molecular weight excluding hydrogens is 164 g/mol. The molecule has 0 amide bonds. The van der Waals surface area contributed by atoms with Gasteiger partial charge in [-0.15, -0.1) is 0 Å². The highest BCUT2D eigenvalue weighted by atomic mass is 16.5. The minimum absolute atomic E-state index is 0.829. The minimum atomic E-state index is 0.829. The Labute approximate surface area is 80.6 Å². The molecule has 2 fully saturated rings. The molecule has 2 aliphatic heterocycles. The summed E-state index contributed by atoms with van der Waals surface area (Å²) in [6, 6.07) is 0.829. The van der Waals surface area contributed by atoms with Gasteiger partial charge in [-0.05, 0) is 13.0 Å². The first-order chi connectivity index (χ1) is 6.40. The summed E-state index contributed by atoms with van der Waals surface area (Å²) in [6.45, 7) is 10.3. The molecule has 2 aliphatic rings. The third kappa shape index (κ3) is 2.22. The molecule has 0 unspecified atom stereocenters. The van der Waals surface area contributed by atoms with Crippen LogP contribution < -0.4 is 0 Å². The molecule has 0 aromatic heterocycles. The number of morpholine rings is 1. The van der Waals surface area contributed by atoms with E-state index in [0.717, 1.165) is 32.3 Å². The van der Waals surface area contributed by atoms with Crippen LogP contribution >= 0.6 is 0 Å². The van der Waals surface area contributed by atoms with Gasteiger partial charge in [-0.1, -0.05) is 6.92 Å². The van der Waals surface area contributed by atoms with Gasteiger partial charge in [-0.2, -0.15) is 0 Å². The van der Waals surface area contributed by atoms with E-state index in [1.54, 1.807) is 0 Å². The SMILES string of the molecule is CCCN1CC(N2CCOCC2)C1. The smallest absolute Gasteiger partial charge is 0.0594 e. The zero-order valence-corrected chi connectivity index (χ0v) is 8.54. The Kier molecular flexibility index (Phi) is 3.19. The average molecular weight is 184 g/mol. The van der Waals surface area contributed by atoms with Crippen molar-refractivity contribution in [3.05, 3.63) is 0 Å². The second kappa shape index (κ2) is 4.40. The summed E-state index contributed by atoms with van der Waals surface area (Å²) in [7, 11) is 0. The zero-order chi connectivity index (χ0) is 9.10. The fourth-order valence-electron chi connectivity index (χ4n) is 2.21. The Hall–Kier alpha value is -0.120. The maximum Gasteiger partial charge on any atom is 0.0594 e. The molecule has 0 aromatic rings. The normalized spacial score (nSPS) is 27.5. The van der Waals surface area contributed by atoms with E-state index in [4.69, 9.17) is 4.74 Å². The molecular formula is C10H20N2O.